The van der Waals surface area contributed by atoms with E-state index in [0.717, 1.165) is 37.9 Å². The number of carbonyl (C=O) groups excluding carboxylic acids is 1. The van der Waals surface area contributed by atoms with Gasteiger partial charge in [-0.2, -0.15) is 23.5 Å². The predicted octanol–water partition coefficient (Wildman–Crippen LogP) is 2.93. The van der Waals surface area contributed by atoms with Crippen molar-refractivity contribution in [3.63, 3.8) is 0 Å². The zero-order valence-electron chi connectivity index (χ0n) is 16.5. The van der Waals surface area contributed by atoms with Gasteiger partial charge in [0.25, 0.3) is 0 Å². The summed E-state index contributed by atoms with van der Waals surface area (Å²) >= 11 is 4.26. The Hall–Kier alpha value is 0.0900. The maximum atomic E-state index is 12.2. The molecule has 150 valence electrons. The number of nitrogens with one attached hydrogen (secondary N) is 1. The summed E-state index contributed by atoms with van der Waals surface area (Å²) in [6.07, 6.45) is 6.89. The molecule has 0 aromatic heterocycles. The van der Waals surface area contributed by atoms with Gasteiger partial charge in [0.05, 0.1) is 0 Å². The summed E-state index contributed by atoms with van der Waals surface area (Å²) in [6.45, 7) is 7.86. The molecule has 26 heavy (non-hydrogen) atoms. The average molecular weight is 400 g/mol. The second kappa shape index (κ2) is 11.2. The summed E-state index contributed by atoms with van der Waals surface area (Å²) in [5.41, 5.74) is 0. The number of amides is 1. The minimum Gasteiger partial charge on any atom is -0.355 e. The van der Waals surface area contributed by atoms with Crippen LogP contribution in [0.1, 0.15) is 45.4 Å². The molecule has 3 aliphatic heterocycles. The Kier molecular flexibility index (Phi) is 8.95. The fraction of sp³-hybridized carbons (Fsp3) is 0.950. The molecule has 0 radical (unpaired) electrons. The maximum absolute atomic E-state index is 12.2. The third-order valence-corrected chi connectivity index (χ3v) is 8.86. The summed E-state index contributed by atoms with van der Waals surface area (Å²) in [4.78, 5) is 17.5. The van der Waals surface area contributed by atoms with Crippen LogP contribution in [0.3, 0.4) is 0 Å². The van der Waals surface area contributed by atoms with Crippen LogP contribution in [0.15, 0.2) is 0 Å². The van der Waals surface area contributed by atoms with E-state index in [1.165, 1.54) is 68.3 Å². The second-order valence-corrected chi connectivity index (χ2v) is 10.4. The van der Waals surface area contributed by atoms with Crippen molar-refractivity contribution in [2.24, 2.45) is 5.92 Å². The molecule has 4 nitrogen and oxygen atoms in total. The van der Waals surface area contributed by atoms with Crippen LogP contribution in [-0.4, -0.2) is 83.5 Å². The van der Waals surface area contributed by atoms with E-state index in [9.17, 15) is 4.79 Å². The maximum Gasteiger partial charge on any atom is 0.220 e. The molecular weight excluding hydrogens is 362 g/mol. The molecule has 1 atom stereocenters. The highest BCUT2D eigenvalue weighted by atomic mass is 32.2. The molecular formula is C20H37N3OS2. The molecule has 1 amide bonds. The molecule has 0 saturated carbocycles. The summed E-state index contributed by atoms with van der Waals surface area (Å²) in [6, 6.07) is 1.35. The molecule has 0 aromatic rings. The van der Waals surface area contributed by atoms with E-state index in [1.807, 2.05) is 0 Å². The van der Waals surface area contributed by atoms with Gasteiger partial charge in [-0.15, -0.1) is 0 Å². The van der Waals surface area contributed by atoms with Gasteiger partial charge in [-0.3, -0.25) is 14.6 Å². The summed E-state index contributed by atoms with van der Waals surface area (Å²) in [5, 5.41) is 3.20. The quantitative estimate of drug-likeness (QED) is 0.712. The van der Waals surface area contributed by atoms with E-state index in [0.29, 0.717) is 6.04 Å². The van der Waals surface area contributed by atoms with Gasteiger partial charge in [0.15, 0.2) is 0 Å². The van der Waals surface area contributed by atoms with Crippen molar-refractivity contribution in [1.82, 2.24) is 15.1 Å². The van der Waals surface area contributed by atoms with Crippen LogP contribution in [0.2, 0.25) is 0 Å². The van der Waals surface area contributed by atoms with E-state index in [2.05, 4.69) is 45.6 Å². The lowest BCUT2D eigenvalue weighted by Gasteiger charge is -2.37. The van der Waals surface area contributed by atoms with Crippen molar-refractivity contribution in [3.05, 3.63) is 0 Å². The summed E-state index contributed by atoms with van der Waals surface area (Å²) < 4.78 is 0. The highest BCUT2D eigenvalue weighted by molar-refractivity contribution is 8.03. The summed E-state index contributed by atoms with van der Waals surface area (Å²) in [5.74, 6) is 6.30. The Balaban J connectivity index is 1.29. The van der Waals surface area contributed by atoms with Gasteiger partial charge in [0.2, 0.25) is 5.91 Å². The van der Waals surface area contributed by atoms with E-state index >= 15 is 0 Å². The predicted molar refractivity (Wildman–Crippen MR) is 115 cm³/mol. The molecule has 1 unspecified atom stereocenters. The van der Waals surface area contributed by atoms with Crippen molar-refractivity contribution < 1.29 is 4.79 Å². The molecule has 3 saturated heterocycles. The topological polar surface area (TPSA) is 35.6 Å². The second-order valence-electron chi connectivity index (χ2n) is 8.05. The Bertz CT molecular complexity index is 421. The number of piperidine rings is 1. The van der Waals surface area contributed by atoms with E-state index in [1.54, 1.807) is 0 Å². The highest BCUT2D eigenvalue weighted by Gasteiger charge is 2.27. The lowest BCUT2D eigenvalue weighted by atomic mass is 9.91. The van der Waals surface area contributed by atoms with E-state index in [4.69, 9.17) is 0 Å². The first kappa shape index (κ1) is 20.8. The van der Waals surface area contributed by atoms with Crippen molar-refractivity contribution in [1.29, 1.82) is 0 Å². The van der Waals surface area contributed by atoms with Gasteiger partial charge in [-0.25, -0.2) is 0 Å². The van der Waals surface area contributed by atoms with Crippen LogP contribution in [0.4, 0.5) is 0 Å². The first-order valence-electron chi connectivity index (χ1n) is 10.7. The Morgan fingerprint density at radius 2 is 1.81 bits per heavy atom. The average Bonchev–Trinajstić information content (AvgIpc) is 2.96. The molecule has 0 aromatic carbocycles. The van der Waals surface area contributed by atoms with Crippen LogP contribution >= 0.6 is 23.5 Å². The van der Waals surface area contributed by atoms with Crippen molar-refractivity contribution >= 4 is 29.4 Å². The fourth-order valence-corrected chi connectivity index (χ4v) is 7.25. The number of likely N-dealkylation sites (tertiary alicyclic amines) is 2. The van der Waals surface area contributed by atoms with E-state index in [-0.39, 0.29) is 5.91 Å². The Morgan fingerprint density at radius 1 is 1.08 bits per heavy atom. The number of hydrogen-bond acceptors (Lipinski definition) is 5. The third kappa shape index (κ3) is 6.32. The van der Waals surface area contributed by atoms with Gasteiger partial charge in [-0.05, 0) is 64.2 Å². The van der Waals surface area contributed by atoms with Crippen molar-refractivity contribution in [3.8, 4) is 0 Å². The molecule has 3 aliphatic rings. The smallest absolute Gasteiger partial charge is 0.220 e. The highest BCUT2D eigenvalue weighted by Crippen LogP contribution is 2.27. The zero-order valence-corrected chi connectivity index (χ0v) is 18.1. The third-order valence-electron chi connectivity index (χ3n) is 6.38. The Labute approximate surface area is 168 Å². The number of hydrogen-bond donors (Lipinski definition) is 1. The van der Waals surface area contributed by atoms with Crippen LogP contribution in [0.5, 0.6) is 0 Å². The molecule has 3 heterocycles. The van der Waals surface area contributed by atoms with Gasteiger partial charge in [0.1, 0.15) is 0 Å². The largest absolute Gasteiger partial charge is 0.355 e. The summed E-state index contributed by atoms with van der Waals surface area (Å²) in [7, 11) is 0. The molecule has 3 rings (SSSR count). The number of thioether (sulfide) groups is 2. The molecule has 3 fully saturated rings. The monoisotopic (exact) mass is 399 g/mol. The first-order valence-corrected chi connectivity index (χ1v) is 13.0. The van der Waals surface area contributed by atoms with E-state index < -0.39 is 0 Å². The molecule has 1 N–H and O–H groups in total. The van der Waals surface area contributed by atoms with Gasteiger partial charge >= 0.3 is 0 Å². The van der Waals surface area contributed by atoms with Gasteiger partial charge < -0.3 is 5.32 Å². The fourth-order valence-electron chi connectivity index (χ4n) is 4.62. The minimum atomic E-state index is 0.270. The SMILES string of the molecule is CCN1CCCC1CNC(=O)CCC1CCN(C2CSCCSC2)CC1. The number of rotatable bonds is 7. The normalized spacial score (nSPS) is 27.5. The minimum absolute atomic E-state index is 0.270. The molecule has 6 heteroatoms. The van der Waals surface area contributed by atoms with Crippen LogP contribution in [-0.2, 0) is 4.79 Å². The molecule has 0 bridgehead atoms. The molecule has 0 spiro atoms. The number of carbonyl (C=O) groups is 1. The standard InChI is InChI=1S/C20H37N3OS2/c1-2-22-9-3-4-18(22)14-21-20(24)6-5-17-7-10-23(11-8-17)19-15-25-12-13-26-16-19/h17-19H,2-16H2,1H3,(H,21,24). The van der Waals surface area contributed by atoms with Crippen molar-refractivity contribution in [2.75, 3.05) is 55.7 Å². The number of nitrogens with zero attached hydrogens (tertiary/aromatic N) is 2. The zero-order chi connectivity index (χ0) is 18.2. The Morgan fingerprint density at radius 3 is 2.50 bits per heavy atom. The van der Waals surface area contributed by atoms with Crippen LogP contribution in [0, 0.1) is 5.92 Å². The van der Waals surface area contributed by atoms with Crippen LogP contribution < -0.4 is 5.32 Å². The lowest BCUT2D eigenvalue weighted by molar-refractivity contribution is -0.121. The van der Waals surface area contributed by atoms with Gasteiger partial charge in [0, 0.05) is 48.1 Å². The van der Waals surface area contributed by atoms with Crippen LogP contribution in [0.25, 0.3) is 0 Å². The molecule has 0 aliphatic carbocycles. The number of likely N-dealkylation sites (N-methyl/N-ethyl adjacent to an activating group) is 1. The van der Waals surface area contributed by atoms with Crippen molar-refractivity contribution in [2.45, 2.75) is 57.5 Å². The lowest BCUT2D eigenvalue weighted by Crippen LogP contribution is -2.44. The first-order chi connectivity index (χ1) is 12.8. The van der Waals surface area contributed by atoms with Gasteiger partial charge in [-0.1, -0.05) is 6.92 Å².